The predicted molar refractivity (Wildman–Crippen MR) is 79.8 cm³/mol. The van der Waals surface area contributed by atoms with E-state index < -0.39 is 8.32 Å². The van der Waals surface area contributed by atoms with E-state index in [1.807, 2.05) is 6.07 Å². The van der Waals surface area contributed by atoms with Crippen LogP contribution in [0.2, 0.25) is 18.1 Å². The third-order valence-electron chi connectivity index (χ3n) is 3.80. The Morgan fingerprint density at radius 3 is 2.47 bits per heavy atom. The second-order valence-electron chi connectivity index (χ2n) is 6.54. The van der Waals surface area contributed by atoms with Crippen molar-refractivity contribution in [1.29, 1.82) is 0 Å². The van der Waals surface area contributed by atoms with E-state index in [1.165, 1.54) is 0 Å². The summed E-state index contributed by atoms with van der Waals surface area (Å²) in [6.07, 6.45) is 1.91. The molecule has 0 radical (unpaired) electrons. The molecule has 1 aromatic heterocycles. The number of hydrogen-bond donors (Lipinski definition) is 0. The van der Waals surface area contributed by atoms with Gasteiger partial charge in [-0.1, -0.05) is 34.1 Å². The second-order valence-corrected chi connectivity index (χ2v) is 11.3. The molecule has 4 nitrogen and oxygen atoms in total. The molecule has 0 amide bonds. The first-order chi connectivity index (χ1) is 8.58. The van der Waals surface area contributed by atoms with Gasteiger partial charge in [0.05, 0.1) is 5.69 Å². The molecule has 1 rings (SSSR count). The summed E-state index contributed by atoms with van der Waals surface area (Å²) in [5.41, 5.74) is 1.50. The number of aryl methyl sites for hydroxylation is 2. The lowest BCUT2D eigenvalue weighted by atomic mass is 10.2. The highest BCUT2D eigenvalue weighted by Gasteiger charge is 2.41. The summed E-state index contributed by atoms with van der Waals surface area (Å²) in [6, 6.07) is 1.85. The third-order valence-corrected chi connectivity index (χ3v) is 8.11. The molecule has 0 aliphatic carbocycles. The summed E-state index contributed by atoms with van der Waals surface area (Å²) < 4.78 is 7.43. The van der Waals surface area contributed by atoms with Crippen molar-refractivity contribution in [2.24, 2.45) is 7.05 Å². The SMILES string of the molecule is CCCc1cc(C(=O)O[Si](C)(C)C(C)(C)C)n(C)n1. The first-order valence-corrected chi connectivity index (χ1v) is 9.75. The van der Waals surface area contributed by atoms with Gasteiger partial charge in [0.1, 0.15) is 5.69 Å². The highest BCUT2D eigenvalue weighted by molar-refractivity contribution is 6.75. The number of rotatable bonds is 4. The number of carbonyl (C=O) groups excluding carboxylic acids is 1. The van der Waals surface area contributed by atoms with Gasteiger partial charge in [-0.25, -0.2) is 4.79 Å². The number of hydrogen-bond acceptors (Lipinski definition) is 3. The molecule has 108 valence electrons. The van der Waals surface area contributed by atoms with Crippen LogP contribution in [0, 0.1) is 0 Å². The smallest absolute Gasteiger partial charge is 0.343 e. The lowest BCUT2D eigenvalue weighted by molar-refractivity contribution is 0.0701. The standard InChI is InChI=1S/C14H26N2O2Si/c1-8-9-11-10-12(16(5)15-11)13(17)18-19(6,7)14(2,3)4/h10H,8-9H2,1-7H3. The van der Waals surface area contributed by atoms with Gasteiger partial charge in [0, 0.05) is 7.05 Å². The summed E-state index contributed by atoms with van der Waals surface area (Å²) in [6.45, 7) is 12.6. The van der Waals surface area contributed by atoms with Gasteiger partial charge in [0.15, 0.2) is 0 Å². The van der Waals surface area contributed by atoms with Gasteiger partial charge in [-0.05, 0) is 30.6 Å². The fraction of sp³-hybridized carbons (Fsp3) is 0.714. The molecule has 5 heteroatoms. The minimum Gasteiger partial charge on any atom is -0.515 e. The Hall–Kier alpha value is -1.10. The number of aromatic nitrogens is 2. The quantitative estimate of drug-likeness (QED) is 0.793. The lowest BCUT2D eigenvalue weighted by Crippen LogP contribution is -2.42. The van der Waals surface area contributed by atoms with Crippen molar-refractivity contribution >= 4 is 14.3 Å². The Labute approximate surface area is 117 Å². The van der Waals surface area contributed by atoms with Crippen molar-refractivity contribution in [3.63, 3.8) is 0 Å². The molecular formula is C14H26N2O2Si. The van der Waals surface area contributed by atoms with Crippen LogP contribution in [-0.2, 0) is 17.9 Å². The summed E-state index contributed by atoms with van der Waals surface area (Å²) in [7, 11) is -0.281. The molecular weight excluding hydrogens is 256 g/mol. The van der Waals surface area contributed by atoms with Crippen LogP contribution in [0.3, 0.4) is 0 Å². The third kappa shape index (κ3) is 3.69. The lowest BCUT2D eigenvalue weighted by Gasteiger charge is -2.35. The Morgan fingerprint density at radius 2 is 2.00 bits per heavy atom. The average molecular weight is 282 g/mol. The molecule has 19 heavy (non-hydrogen) atoms. The van der Waals surface area contributed by atoms with E-state index in [0.717, 1.165) is 18.5 Å². The van der Waals surface area contributed by atoms with Gasteiger partial charge >= 0.3 is 5.97 Å². The molecule has 1 aromatic rings. The van der Waals surface area contributed by atoms with E-state index >= 15 is 0 Å². The molecule has 0 unspecified atom stereocenters. The molecule has 0 spiro atoms. The van der Waals surface area contributed by atoms with E-state index in [2.05, 4.69) is 45.9 Å². The molecule has 0 saturated heterocycles. The van der Waals surface area contributed by atoms with Crippen molar-refractivity contribution in [1.82, 2.24) is 9.78 Å². The van der Waals surface area contributed by atoms with Crippen LogP contribution in [0.1, 0.15) is 50.3 Å². The van der Waals surface area contributed by atoms with E-state index in [9.17, 15) is 4.79 Å². The Morgan fingerprint density at radius 1 is 1.42 bits per heavy atom. The summed E-state index contributed by atoms with van der Waals surface area (Å²) in [4.78, 5) is 12.3. The summed E-state index contributed by atoms with van der Waals surface area (Å²) in [5, 5.41) is 4.37. The van der Waals surface area contributed by atoms with Crippen molar-refractivity contribution in [3.8, 4) is 0 Å². The molecule has 0 aliphatic heterocycles. The average Bonchev–Trinajstić information content (AvgIpc) is 2.57. The van der Waals surface area contributed by atoms with Gasteiger partial charge in [-0.15, -0.1) is 0 Å². The molecule has 1 heterocycles. The van der Waals surface area contributed by atoms with E-state index in [1.54, 1.807) is 11.7 Å². The Balaban J connectivity index is 2.90. The van der Waals surface area contributed by atoms with Gasteiger partial charge < -0.3 is 4.43 Å². The zero-order valence-electron chi connectivity index (χ0n) is 13.2. The van der Waals surface area contributed by atoms with Crippen LogP contribution in [0.15, 0.2) is 6.07 Å². The van der Waals surface area contributed by atoms with E-state index in [-0.39, 0.29) is 11.0 Å². The van der Waals surface area contributed by atoms with Crippen LogP contribution in [0.25, 0.3) is 0 Å². The van der Waals surface area contributed by atoms with Crippen LogP contribution >= 0.6 is 0 Å². The van der Waals surface area contributed by atoms with Gasteiger partial charge in [0.25, 0.3) is 8.32 Å². The minimum atomic E-state index is -2.07. The molecule has 0 aromatic carbocycles. The highest BCUT2D eigenvalue weighted by Crippen LogP contribution is 2.37. The van der Waals surface area contributed by atoms with Crippen molar-refractivity contribution in [2.75, 3.05) is 0 Å². The summed E-state index contributed by atoms with van der Waals surface area (Å²) in [5.74, 6) is -0.246. The molecule has 0 atom stereocenters. The van der Waals surface area contributed by atoms with Crippen molar-refractivity contribution < 1.29 is 9.22 Å². The van der Waals surface area contributed by atoms with Gasteiger partial charge in [-0.3, -0.25) is 4.68 Å². The second kappa shape index (κ2) is 5.49. The summed E-state index contributed by atoms with van der Waals surface area (Å²) >= 11 is 0. The van der Waals surface area contributed by atoms with E-state index in [0.29, 0.717) is 5.69 Å². The highest BCUT2D eigenvalue weighted by atomic mass is 28.4. The van der Waals surface area contributed by atoms with Crippen molar-refractivity contribution in [3.05, 3.63) is 17.5 Å². The number of carbonyl (C=O) groups is 1. The molecule has 0 aliphatic rings. The fourth-order valence-electron chi connectivity index (χ4n) is 1.53. The maximum Gasteiger partial charge on any atom is 0.343 e. The number of nitrogens with zero attached hydrogens (tertiary/aromatic N) is 2. The topological polar surface area (TPSA) is 44.1 Å². The zero-order chi connectivity index (χ0) is 14.8. The Bertz CT molecular complexity index is 459. The fourth-order valence-corrected chi connectivity index (χ4v) is 2.41. The molecule has 0 bridgehead atoms. The maximum absolute atomic E-state index is 12.3. The maximum atomic E-state index is 12.3. The zero-order valence-corrected chi connectivity index (χ0v) is 14.2. The van der Waals surface area contributed by atoms with Crippen LogP contribution < -0.4 is 0 Å². The van der Waals surface area contributed by atoms with Crippen molar-refractivity contribution in [2.45, 2.75) is 58.7 Å². The van der Waals surface area contributed by atoms with Crippen LogP contribution in [0.5, 0.6) is 0 Å². The predicted octanol–water partition coefficient (Wildman–Crippen LogP) is 3.53. The molecule has 0 saturated carbocycles. The minimum absolute atomic E-state index is 0.0213. The largest absolute Gasteiger partial charge is 0.515 e. The first kappa shape index (κ1) is 16.0. The van der Waals surface area contributed by atoms with Gasteiger partial charge in [0.2, 0.25) is 0 Å². The van der Waals surface area contributed by atoms with Crippen LogP contribution in [-0.4, -0.2) is 24.1 Å². The van der Waals surface area contributed by atoms with Gasteiger partial charge in [-0.2, -0.15) is 5.10 Å². The first-order valence-electron chi connectivity index (χ1n) is 6.84. The van der Waals surface area contributed by atoms with Crippen LogP contribution in [0.4, 0.5) is 0 Å². The van der Waals surface area contributed by atoms with E-state index in [4.69, 9.17) is 4.43 Å². The molecule has 0 fully saturated rings. The Kier molecular flexibility index (Phi) is 4.61. The molecule has 0 N–H and O–H groups in total. The monoisotopic (exact) mass is 282 g/mol. The normalized spacial score (nSPS) is 12.6.